The third kappa shape index (κ3) is 4.14. The fourth-order valence-electron chi connectivity index (χ4n) is 2.70. The summed E-state index contributed by atoms with van der Waals surface area (Å²) in [5.41, 5.74) is 1.67. The van der Waals surface area contributed by atoms with Crippen molar-refractivity contribution >= 4 is 23.3 Å². The van der Waals surface area contributed by atoms with E-state index in [4.69, 9.17) is 11.6 Å². The van der Waals surface area contributed by atoms with Crippen molar-refractivity contribution in [2.24, 2.45) is 0 Å². The van der Waals surface area contributed by atoms with Crippen LogP contribution >= 0.6 is 11.6 Å². The maximum absolute atomic E-state index is 13.2. The Hall–Kier alpha value is -2.34. The summed E-state index contributed by atoms with van der Waals surface area (Å²) < 4.78 is 13.2. The van der Waals surface area contributed by atoms with E-state index < -0.39 is 5.82 Å². The van der Waals surface area contributed by atoms with Crippen molar-refractivity contribution in [3.63, 3.8) is 0 Å². The van der Waals surface area contributed by atoms with Gasteiger partial charge in [-0.15, -0.1) is 0 Å². The largest absolute Gasteiger partial charge is 0.369 e. The number of nitrogens with one attached hydrogen (secondary N) is 2. The molecule has 24 heavy (non-hydrogen) atoms. The molecule has 0 spiro atoms. The number of carbonyl (C=O) groups is 1. The molecule has 1 aromatic heterocycles. The molecule has 0 aliphatic carbocycles. The van der Waals surface area contributed by atoms with Gasteiger partial charge in [-0.25, -0.2) is 9.18 Å². The molecule has 2 heterocycles. The summed E-state index contributed by atoms with van der Waals surface area (Å²) in [6.07, 6.45) is 2.52. The van der Waals surface area contributed by atoms with Crippen LogP contribution in [0.4, 0.5) is 14.9 Å². The Morgan fingerprint density at radius 2 is 2.25 bits per heavy atom. The van der Waals surface area contributed by atoms with Crippen LogP contribution in [0, 0.1) is 5.82 Å². The van der Waals surface area contributed by atoms with Crippen molar-refractivity contribution in [2.75, 3.05) is 18.0 Å². The van der Waals surface area contributed by atoms with E-state index in [1.54, 1.807) is 18.3 Å². The first kappa shape index (κ1) is 16.5. The highest BCUT2D eigenvalue weighted by molar-refractivity contribution is 6.31. The highest BCUT2D eigenvalue weighted by atomic mass is 35.5. The van der Waals surface area contributed by atoms with Crippen LogP contribution in [0.15, 0.2) is 42.6 Å². The van der Waals surface area contributed by atoms with E-state index in [0.717, 1.165) is 24.3 Å². The fourth-order valence-corrected chi connectivity index (χ4v) is 2.88. The second-order valence-corrected chi connectivity index (χ2v) is 6.09. The van der Waals surface area contributed by atoms with Crippen LogP contribution < -0.4 is 15.5 Å². The Morgan fingerprint density at radius 3 is 3.00 bits per heavy atom. The number of aromatic nitrogens is 1. The topological polar surface area (TPSA) is 57.3 Å². The molecule has 1 aliphatic rings. The summed E-state index contributed by atoms with van der Waals surface area (Å²) in [6.45, 7) is 1.84. The van der Waals surface area contributed by atoms with Crippen molar-refractivity contribution < 1.29 is 9.18 Å². The highest BCUT2D eigenvalue weighted by Gasteiger charge is 2.24. The summed E-state index contributed by atoms with van der Waals surface area (Å²) in [6, 6.07) is 10.1. The third-order valence-corrected chi connectivity index (χ3v) is 4.24. The van der Waals surface area contributed by atoms with Gasteiger partial charge in [-0.2, -0.15) is 0 Å². The lowest BCUT2D eigenvalue weighted by Gasteiger charge is -2.19. The van der Waals surface area contributed by atoms with Crippen LogP contribution in [0.2, 0.25) is 5.02 Å². The van der Waals surface area contributed by atoms with Gasteiger partial charge in [-0.05, 0) is 36.8 Å². The average Bonchev–Trinajstić information content (AvgIpc) is 3.05. The highest BCUT2D eigenvalue weighted by Crippen LogP contribution is 2.25. The molecule has 0 bridgehead atoms. The summed E-state index contributed by atoms with van der Waals surface area (Å²) >= 11 is 5.83. The van der Waals surface area contributed by atoms with Gasteiger partial charge in [-0.3, -0.25) is 4.98 Å². The number of benzene rings is 1. The number of hydrogen-bond acceptors (Lipinski definition) is 3. The minimum atomic E-state index is -0.428. The molecule has 5 nitrogen and oxygen atoms in total. The molecule has 1 aromatic carbocycles. The van der Waals surface area contributed by atoms with Crippen molar-refractivity contribution in [2.45, 2.75) is 19.0 Å². The minimum absolute atomic E-state index is 0.0394. The van der Waals surface area contributed by atoms with Gasteiger partial charge in [0.15, 0.2) is 0 Å². The molecule has 126 valence electrons. The zero-order valence-corrected chi connectivity index (χ0v) is 13.8. The van der Waals surface area contributed by atoms with Crippen molar-refractivity contribution in [1.82, 2.24) is 15.6 Å². The number of hydrogen-bond donors (Lipinski definition) is 2. The molecule has 0 saturated carbocycles. The maximum Gasteiger partial charge on any atom is 0.315 e. The number of rotatable bonds is 4. The van der Waals surface area contributed by atoms with Gasteiger partial charge in [0.2, 0.25) is 0 Å². The minimum Gasteiger partial charge on any atom is -0.369 e. The summed E-state index contributed by atoms with van der Waals surface area (Å²) in [4.78, 5) is 18.2. The lowest BCUT2D eigenvalue weighted by atomic mass is 10.2. The molecular weight excluding hydrogens is 331 g/mol. The number of anilines is 1. The Morgan fingerprint density at radius 1 is 1.38 bits per heavy atom. The number of pyridine rings is 1. The summed E-state index contributed by atoms with van der Waals surface area (Å²) in [7, 11) is 0. The van der Waals surface area contributed by atoms with Crippen molar-refractivity contribution in [3.05, 3.63) is 59.1 Å². The lowest BCUT2D eigenvalue weighted by molar-refractivity contribution is 0.237. The number of nitrogens with zero attached hydrogens (tertiary/aromatic N) is 2. The fraction of sp³-hybridized carbons (Fsp3) is 0.294. The van der Waals surface area contributed by atoms with Gasteiger partial charge in [0.05, 0.1) is 17.3 Å². The maximum atomic E-state index is 13.2. The van der Waals surface area contributed by atoms with Crippen LogP contribution in [0.1, 0.15) is 12.1 Å². The van der Waals surface area contributed by atoms with Gasteiger partial charge >= 0.3 is 6.03 Å². The van der Waals surface area contributed by atoms with E-state index >= 15 is 0 Å². The summed E-state index contributed by atoms with van der Waals surface area (Å²) in [5, 5.41) is 5.85. The van der Waals surface area contributed by atoms with Crippen LogP contribution in [0.25, 0.3) is 0 Å². The molecule has 0 radical (unpaired) electrons. The van der Waals surface area contributed by atoms with E-state index in [-0.39, 0.29) is 17.1 Å². The SMILES string of the molecule is O=C(NCc1ccccn1)N[C@@H]1CCN(c2ccc(F)c(Cl)c2)C1. The first-order valence-corrected chi connectivity index (χ1v) is 8.14. The van der Waals surface area contributed by atoms with E-state index in [2.05, 4.69) is 20.5 Å². The molecule has 1 atom stereocenters. The van der Waals surface area contributed by atoms with Crippen molar-refractivity contribution in [1.29, 1.82) is 0 Å². The first-order valence-electron chi connectivity index (χ1n) is 7.76. The number of carbonyl (C=O) groups excluding carboxylic acids is 1. The van der Waals surface area contributed by atoms with E-state index in [1.165, 1.54) is 6.07 Å². The number of amides is 2. The lowest BCUT2D eigenvalue weighted by Crippen LogP contribution is -2.43. The van der Waals surface area contributed by atoms with Gasteiger partial charge in [0, 0.05) is 31.0 Å². The van der Waals surface area contributed by atoms with E-state index in [0.29, 0.717) is 13.1 Å². The van der Waals surface area contributed by atoms with Crippen LogP contribution in [-0.4, -0.2) is 30.1 Å². The van der Waals surface area contributed by atoms with Gasteiger partial charge in [0.1, 0.15) is 5.82 Å². The zero-order chi connectivity index (χ0) is 16.9. The quantitative estimate of drug-likeness (QED) is 0.893. The third-order valence-electron chi connectivity index (χ3n) is 3.95. The normalized spacial score (nSPS) is 16.9. The first-order chi connectivity index (χ1) is 11.6. The van der Waals surface area contributed by atoms with Crippen LogP contribution in [0.5, 0.6) is 0 Å². The molecule has 1 aliphatic heterocycles. The Balaban J connectivity index is 1.48. The van der Waals surface area contributed by atoms with Gasteiger partial charge in [-0.1, -0.05) is 17.7 Å². The van der Waals surface area contributed by atoms with Crippen LogP contribution in [-0.2, 0) is 6.54 Å². The molecular formula is C17H18ClFN4O. The summed E-state index contributed by atoms with van der Waals surface area (Å²) in [5.74, 6) is -0.428. The molecule has 3 rings (SSSR count). The Labute approximate surface area is 144 Å². The van der Waals surface area contributed by atoms with Gasteiger partial charge < -0.3 is 15.5 Å². The molecule has 7 heteroatoms. The van der Waals surface area contributed by atoms with E-state index in [9.17, 15) is 9.18 Å². The molecule has 2 aromatic rings. The molecule has 0 unspecified atom stereocenters. The molecule has 2 N–H and O–H groups in total. The standard InChI is InChI=1S/C17H18ClFN4O/c18-15-9-14(4-5-16(15)19)23-8-6-13(11-23)22-17(24)21-10-12-3-1-2-7-20-12/h1-5,7,9,13H,6,8,10-11H2,(H2,21,22,24)/t13-/m1/s1. The predicted molar refractivity (Wildman–Crippen MR) is 91.6 cm³/mol. The number of halogens is 2. The second-order valence-electron chi connectivity index (χ2n) is 5.68. The molecule has 2 amide bonds. The van der Waals surface area contributed by atoms with Gasteiger partial charge in [0.25, 0.3) is 0 Å². The predicted octanol–water partition coefficient (Wildman–Crippen LogP) is 2.95. The Bertz CT molecular complexity index is 713. The monoisotopic (exact) mass is 348 g/mol. The Kier molecular flexibility index (Phi) is 5.15. The van der Waals surface area contributed by atoms with Crippen LogP contribution in [0.3, 0.4) is 0 Å². The average molecular weight is 349 g/mol. The number of urea groups is 1. The van der Waals surface area contributed by atoms with E-state index in [1.807, 2.05) is 18.2 Å². The van der Waals surface area contributed by atoms with Crippen molar-refractivity contribution in [3.8, 4) is 0 Å². The second kappa shape index (κ2) is 7.49. The smallest absolute Gasteiger partial charge is 0.315 e. The zero-order valence-electron chi connectivity index (χ0n) is 13.0. The molecule has 1 fully saturated rings. The molecule has 1 saturated heterocycles.